The third-order valence-corrected chi connectivity index (χ3v) is 2.45. The van der Waals surface area contributed by atoms with Crippen LogP contribution in [-0.2, 0) is 0 Å². The highest BCUT2D eigenvalue weighted by Crippen LogP contribution is 2.25. The van der Waals surface area contributed by atoms with Crippen LogP contribution in [0.3, 0.4) is 0 Å². The predicted molar refractivity (Wildman–Crippen MR) is 49.2 cm³/mol. The molecule has 0 spiro atoms. The van der Waals surface area contributed by atoms with E-state index in [1.807, 2.05) is 17.5 Å². The number of hydrogen-bond donors (Lipinski definition) is 1. The molecule has 0 saturated carbocycles. The molecule has 0 aliphatic rings. The maximum Gasteiger partial charge on any atom is 0.134 e. The molecule has 60 valence electrons. The van der Waals surface area contributed by atoms with Crippen LogP contribution in [0.4, 0.5) is 0 Å². The van der Waals surface area contributed by atoms with Crippen molar-refractivity contribution in [3.05, 3.63) is 36.0 Å². The third kappa shape index (κ3) is 1.31. The number of aromatic nitrogens is 1. The fraction of sp³-hybridized carbons (Fsp3) is 0. The van der Waals surface area contributed by atoms with E-state index in [1.54, 1.807) is 23.6 Å². The quantitative estimate of drug-likeness (QED) is 0.726. The molecule has 2 nitrogen and oxygen atoms in total. The maximum atomic E-state index is 9.15. The Balaban J connectivity index is 2.48. The van der Waals surface area contributed by atoms with Crippen molar-refractivity contribution in [3.63, 3.8) is 0 Å². The molecule has 0 radical (unpaired) electrons. The van der Waals surface area contributed by atoms with Crippen molar-refractivity contribution in [2.24, 2.45) is 0 Å². The Labute approximate surface area is 74.1 Å². The second-order valence-electron chi connectivity index (χ2n) is 2.41. The maximum absolute atomic E-state index is 9.15. The standard InChI is InChI=1S/C9H7NOS/c11-8-4-7(5-10-6-8)9-2-1-3-12-9/h1-6,11H. The zero-order valence-electron chi connectivity index (χ0n) is 6.27. The van der Waals surface area contributed by atoms with Gasteiger partial charge in [-0.2, -0.15) is 0 Å². The monoisotopic (exact) mass is 177 g/mol. The van der Waals surface area contributed by atoms with E-state index >= 15 is 0 Å². The first-order valence-corrected chi connectivity index (χ1v) is 4.42. The summed E-state index contributed by atoms with van der Waals surface area (Å²) in [6.07, 6.45) is 3.17. The van der Waals surface area contributed by atoms with Crippen molar-refractivity contribution in [3.8, 4) is 16.2 Å². The molecule has 0 aliphatic heterocycles. The minimum Gasteiger partial charge on any atom is -0.506 e. The zero-order chi connectivity index (χ0) is 8.39. The number of nitrogens with zero attached hydrogens (tertiary/aromatic N) is 1. The molecular formula is C9H7NOS. The lowest BCUT2D eigenvalue weighted by Crippen LogP contribution is -1.74. The van der Waals surface area contributed by atoms with Gasteiger partial charge in [-0.15, -0.1) is 11.3 Å². The molecule has 1 N–H and O–H groups in total. The van der Waals surface area contributed by atoms with Gasteiger partial charge in [-0.25, -0.2) is 0 Å². The normalized spacial score (nSPS) is 10.0. The van der Waals surface area contributed by atoms with E-state index in [0.717, 1.165) is 10.4 Å². The number of aromatic hydroxyl groups is 1. The smallest absolute Gasteiger partial charge is 0.134 e. The molecule has 3 heteroatoms. The largest absolute Gasteiger partial charge is 0.506 e. The van der Waals surface area contributed by atoms with Crippen LogP contribution in [0, 0.1) is 0 Å². The Hall–Kier alpha value is -1.35. The Morgan fingerprint density at radius 2 is 2.25 bits per heavy atom. The fourth-order valence-electron chi connectivity index (χ4n) is 1.01. The summed E-state index contributed by atoms with van der Waals surface area (Å²) < 4.78 is 0. The third-order valence-electron chi connectivity index (χ3n) is 1.53. The number of rotatable bonds is 1. The van der Waals surface area contributed by atoms with Crippen LogP contribution in [0.25, 0.3) is 10.4 Å². The summed E-state index contributed by atoms with van der Waals surface area (Å²) in [5, 5.41) is 11.2. The number of pyridine rings is 1. The second-order valence-corrected chi connectivity index (χ2v) is 3.36. The number of thiophene rings is 1. The van der Waals surface area contributed by atoms with E-state index in [4.69, 9.17) is 5.11 Å². The molecule has 0 amide bonds. The SMILES string of the molecule is Oc1cncc(-c2cccs2)c1. The summed E-state index contributed by atoms with van der Waals surface area (Å²) in [4.78, 5) is 5.02. The summed E-state index contributed by atoms with van der Waals surface area (Å²) in [5.41, 5.74) is 0.963. The molecule has 0 saturated heterocycles. The summed E-state index contributed by atoms with van der Waals surface area (Å²) in [5.74, 6) is 0.209. The molecule has 2 heterocycles. The Kier molecular flexibility index (Phi) is 1.80. The van der Waals surface area contributed by atoms with Crippen LogP contribution in [0.15, 0.2) is 36.0 Å². The van der Waals surface area contributed by atoms with Crippen LogP contribution >= 0.6 is 11.3 Å². The minimum atomic E-state index is 0.209. The van der Waals surface area contributed by atoms with E-state index < -0.39 is 0 Å². The van der Waals surface area contributed by atoms with Crippen molar-refractivity contribution in [2.75, 3.05) is 0 Å². The van der Waals surface area contributed by atoms with Gasteiger partial charge in [0.2, 0.25) is 0 Å². The Bertz CT molecular complexity index is 370. The van der Waals surface area contributed by atoms with Crippen LogP contribution in [0.2, 0.25) is 0 Å². The molecule has 0 aliphatic carbocycles. The minimum absolute atomic E-state index is 0.209. The second kappa shape index (κ2) is 2.95. The fourth-order valence-corrected chi connectivity index (χ4v) is 1.71. The van der Waals surface area contributed by atoms with Crippen molar-refractivity contribution >= 4 is 11.3 Å². The van der Waals surface area contributed by atoms with Crippen molar-refractivity contribution < 1.29 is 5.11 Å². The van der Waals surface area contributed by atoms with Gasteiger partial charge in [0.05, 0.1) is 6.20 Å². The van der Waals surface area contributed by atoms with E-state index in [0.29, 0.717) is 0 Å². The highest BCUT2D eigenvalue weighted by molar-refractivity contribution is 7.13. The van der Waals surface area contributed by atoms with Crippen molar-refractivity contribution in [1.82, 2.24) is 4.98 Å². The first kappa shape index (κ1) is 7.31. The first-order valence-electron chi connectivity index (χ1n) is 3.54. The first-order chi connectivity index (χ1) is 5.86. The van der Waals surface area contributed by atoms with Gasteiger partial charge in [0.15, 0.2) is 0 Å². The summed E-state index contributed by atoms with van der Waals surface area (Å²) in [7, 11) is 0. The molecule has 2 aromatic heterocycles. The van der Waals surface area contributed by atoms with Crippen molar-refractivity contribution in [2.45, 2.75) is 0 Å². The van der Waals surface area contributed by atoms with E-state index in [-0.39, 0.29) is 5.75 Å². The average molecular weight is 177 g/mol. The predicted octanol–water partition coefficient (Wildman–Crippen LogP) is 2.52. The molecule has 0 aromatic carbocycles. The van der Waals surface area contributed by atoms with Gasteiger partial charge in [0.25, 0.3) is 0 Å². The topological polar surface area (TPSA) is 33.1 Å². The summed E-state index contributed by atoms with van der Waals surface area (Å²) in [6, 6.07) is 5.68. The lowest BCUT2D eigenvalue weighted by molar-refractivity contribution is 0.473. The highest BCUT2D eigenvalue weighted by atomic mass is 32.1. The van der Waals surface area contributed by atoms with Gasteiger partial charge in [0, 0.05) is 16.6 Å². The highest BCUT2D eigenvalue weighted by Gasteiger charge is 1.98. The van der Waals surface area contributed by atoms with E-state index in [1.165, 1.54) is 6.20 Å². The summed E-state index contributed by atoms with van der Waals surface area (Å²) in [6.45, 7) is 0. The van der Waals surface area contributed by atoms with Gasteiger partial charge in [-0.1, -0.05) is 6.07 Å². The van der Waals surface area contributed by atoms with E-state index in [2.05, 4.69) is 4.98 Å². The van der Waals surface area contributed by atoms with Crippen LogP contribution in [-0.4, -0.2) is 10.1 Å². The van der Waals surface area contributed by atoms with Crippen LogP contribution in [0.1, 0.15) is 0 Å². The van der Waals surface area contributed by atoms with Crippen molar-refractivity contribution in [1.29, 1.82) is 0 Å². The average Bonchev–Trinajstić information content (AvgIpc) is 2.56. The van der Waals surface area contributed by atoms with Gasteiger partial charge in [-0.3, -0.25) is 4.98 Å². The summed E-state index contributed by atoms with van der Waals surface area (Å²) >= 11 is 1.63. The van der Waals surface area contributed by atoms with Gasteiger partial charge in [-0.05, 0) is 17.5 Å². The molecular weight excluding hydrogens is 170 g/mol. The molecule has 0 fully saturated rings. The lowest BCUT2D eigenvalue weighted by atomic mass is 10.2. The van der Waals surface area contributed by atoms with Crippen LogP contribution in [0.5, 0.6) is 5.75 Å². The Morgan fingerprint density at radius 3 is 2.92 bits per heavy atom. The zero-order valence-corrected chi connectivity index (χ0v) is 7.08. The molecule has 0 unspecified atom stereocenters. The molecule has 2 rings (SSSR count). The van der Waals surface area contributed by atoms with E-state index in [9.17, 15) is 0 Å². The van der Waals surface area contributed by atoms with Gasteiger partial charge >= 0.3 is 0 Å². The lowest BCUT2D eigenvalue weighted by Gasteiger charge is -1.95. The molecule has 0 bridgehead atoms. The molecule has 0 atom stereocenters. The van der Waals surface area contributed by atoms with Gasteiger partial charge < -0.3 is 5.11 Å². The van der Waals surface area contributed by atoms with Crippen LogP contribution < -0.4 is 0 Å². The molecule has 2 aromatic rings. The van der Waals surface area contributed by atoms with Gasteiger partial charge in [0.1, 0.15) is 5.75 Å². The molecule has 12 heavy (non-hydrogen) atoms. The Morgan fingerprint density at radius 1 is 1.33 bits per heavy atom. The number of hydrogen-bond acceptors (Lipinski definition) is 3.